The van der Waals surface area contributed by atoms with Crippen LogP contribution in [0.3, 0.4) is 0 Å². The van der Waals surface area contributed by atoms with E-state index in [1.807, 2.05) is 62.5 Å². The SMILES string of the molecule is CC(C)NC(=O)NCc1ccc(C(=O)Nc2ccc(-n3cccn3)cc2)cc1. The van der Waals surface area contributed by atoms with E-state index in [1.54, 1.807) is 23.0 Å². The van der Waals surface area contributed by atoms with Crippen molar-refractivity contribution in [3.8, 4) is 5.69 Å². The second-order valence-corrected chi connectivity index (χ2v) is 6.63. The van der Waals surface area contributed by atoms with Crippen LogP contribution < -0.4 is 16.0 Å². The molecular formula is C21H23N5O2. The van der Waals surface area contributed by atoms with Crippen molar-refractivity contribution in [2.24, 2.45) is 0 Å². The Bertz CT molecular complexity index is 916. The fourth-order valence-corrected chi connectivity index (χ4v) is 2.59. The Morgan fingerprint density at radius 1 is 1.04 bits per heavy atom. The van der Waals surface area contributed by atoms with E-state index in [9.17, 15) is 9.59 Å². The molecule has 1 heterocycles. The number of hydrogen-bond acceptors (Lipinski definition) is 3. The number of benzene rings is 2. The molecule has 28 heavy (non-hydrogen) atoms. The van der Waals surface area contributed by atoms with Gasteiger partial charge in [-0.2, -0.15) is 5.10 Å². The summed E-state index contributed by atoms with van der Waals surface area (Å²) in [6, 6.07) is 16.3. The van der Waals surface area contributed by atoms with E-state index in [-0.39, 0.29) is 18.0 Å². The molecule has 0 fully saturated rings. The molecule has 0 aliphatic heterocycles. The maximum atomic E-state index is 12.4. The van der Waals surface area contributed by atoms with Gasteiger partial charge in [0.2, 0.25) is 0 Å². The summed E-state index contributed by atoms with van der Waals surface area (Å²) >= 11 is 0. The minimum Gasteiger partial charge on any atom is -0.336 e. The average Bonchev–Trinajstić information content (AvgIpc) is 3.21. The Hall–Kier alpha value is -3.61. The van der Waals surface area contributed by atoms with Crippen LogP contribution >= 0.6 is 0 Å². The zero-order valence-electron chi connectivity index (χ0n) is 15.8. The molecule has 3 amide bonds. The molecule has 0 atom stereocenters. The first-order valence-corrected chi connectivity index (χ1v) is 9.06. The summed E-state index contributed by atoms with van der Waals surface area (Å²) in [5.41, 5.74) is 3.09. The van der Waals surface area contributed by atoms with E-state index < -0.39 is 0 Å². The highest BCUT2D eigenvalue weighted by molar-refractivity contribution is 6.04. The van der Waals surface area contributed by atoms with E-state index in [0.29, 0.717) is 17.8 Å². The minimum absolute atomic E-state index is 0.0830. The summed E-state index contributed by atoms with van der Waals surface area (Å²) in [6.45, 7) is 4.20. The van der Waals surface area contributed by atoms with Crippen LogP contribution in [-0.4, -0.2) is 27.8 Å². The maximum Gasteiger partial charge on any atom is 0.315 e. The molecule has 7 nitrogen and oxygen atoms in total. The molecule has 0 unspecified atom stereocenters. The number of carbonyl (C=O) groups excluding carboxylic acids is 2. The predicted molar refractivity (Wildman–Crippen MR) is 108 cm³/mol. The molecule has 0 radical (unpaired) electrons. The smallest absolute Gasteiger partial charge is 0.315 e. The molecule has 3 N–H and O–H groups in total. The van der Waals surface area contributed by atoms with Crippen molar-refractivity contribution in [1.82, 2.24) is 20.4 Å². The minimum atomic E-state index is -0.213. The van der Waals surface area contributed by atoms with Gasteiger partial charge in [0.05, 0.1) is 5.69 Å². The molecule has 0 aliphatic rings. The number of nitrogens with zero attached hydrogens (tertiary/aromatic N) is 2. The van der Waals surface area contributed by atoms with Crippen LogP contribution in [-0.2, 0) is 6.54 Å². The van der Waals surface area contributed by atoms with E-state index in [2.05, 4.69) is 21.0 Å². The van der Waals surface area contributed by atoms with Gasteiger partial charge in [-0.15, -0.1) is 0 Å². The average molecular weight is 377 g/mol. The summed E-state index contributed by atoms with van der Waals surface area (Å²) in [4.78, 5) is 24.0. The zero-order valence-corrected chi connectivity index (χ0v) is 15.8. The van der Waals surface area contributed by atoms with Crippen molar-refractivity contribution in [3.63, 3.8) is 0 Å². The van der Waals surface area contributed by atoms with Crippen molar-refractivity contribution in [3.05, 3.63) is 78.1 Å². The molecule has 0 spiro atoms. The zero-order chi connectivity index (χ0) is 19.9. The molecule has 0 bridgehead atoms. The molecule has 0 saturated heterocycles. The molecule has 0 saturated carbocycles. The van der Waals surface area contributed by atoms with Gasteiger partial charge < -0.3 is 16.0 Å². The number of amides is 3. The standard InChI is InChI=1S/C21H23N5O2/c1-15(2)24-21(28)22-14-16-4-6-17(7-5-16)20(27)25-18-8-10-19(11-9-18)26-13-3-12-23-26/h3-13,15H,14H2,1-2H3,(H,25,27)(H2,22,24,28). The van der Waals surface area contributed by atoms with Crippen LogP contribution in [0.4, 0.5) is 10.5 Å². The highest BCUT2D eigenvalue weighted by Gasteiger charge is 2.07. The van der Waals surface area contributed by atoms with Crippen molar-refractivity contribution >= 4 is 17.6 Å². The van der Waals surface area contributed by atoms with Crippen LogP contribution in [0.2, 0.25) is 0 Å². The van der Waals surface area contributed by atoms with E-state index >= 15 is 0 Å². The summed E-state index contributed by atoms with van der Waals surface area (Å²) in [5.74, 6) is -0.191. The second-order valence-electron chi connectivity index (χ2n) is 6.63. The van der Waals surface area contributed by atoms with Crippen molar-refractivity contribution in [1.29, 1.82) is 0 Å². The van der Waals surface area contributed by atoms with Crippen molar-refractivity contribution in [2.45, 2.75) is 26.4 Å². The summed E-state index contributed by atoms with van der Waals surface area (Å²) in [6.07, 6.45) is 3.57. The maximum absolute atomic E-state index is 12.4. The van der Waals surface area contributed by atoms with Gasteiger partial charge >= 0.3 is 6.03 Å². The Balaban J connectivity index is 1.55. The molecular weight excluding hydrogens is 354 g/mol. The Morgan fingerprint density at radius 3 is 2.36 bits per heavy atom. The number of nitrogens with one attached hydrogen (secondary N) is 3. The Kier molecular flexibility index (Phi) is 6.06. The Labute approximate surface area is 163 Å². The fraction of sp³-hybridized carbons (Fsp3) is 0.190. The van der Waals surface area contributed by atoms with Gasteiger partial charge in [0, 0.05) is 36.2 Å². The van der Waals surface area contributed by atoms with Crippen molar-refractivity contribution < 1.29 is 9.59 Å². The quantitative estimate of drug-likeness (QED) is 0.616. The third-order valence-electron chi connectivity index (χ3n) is 3.98. The predicted octanol–water partition coefficient (Wildman–Crippen LogP) is 3.33. The third kappa shape index (κ3) is 5.20. The molecule has 3 aromatic rings. The molecule has 0 aliphatic carbocycles. The van der Waals surface area contributed by atoms with E-state index in [4.69, 9.17) is 0 Å². The highest BCUT2D eigenvalue weighted by atomic mass is 16.2. The van der Waals surface area contributed by atoms with Crippen LogP contribution in [0, 0.1) is 0 Å². The molecule has 2 aromatic carbocycles. The first-order chi connectivity index (χ1) is 13.5. The summed E-state index contributed by atoms with van der Waals surface area (Å²) < 4.78 is 1.75. The number of carbonyl (C=O) groups is 2. The van der Waals surface area contributed by atoms with E-state index in [0.717, 1.165) is 11.3 Å². The topological polar surface area (TPSA) is 88.0 Å². The fourth-order valence-electron chi connectivity index (χ4n) is 2.59. The van der Waals surface area contributed by atoms with Gasteiger partial charge in [-0.1, -0.05) is 12.1 Å². The number of anilines is 1. The van der Waals surface area contributed by atoms with Crippen LogP contribution in [0.5, 0.6) is 0 Å². The van der Waals surface area contributed by atoms with Gasteiger partial charge in [-0.05, 0) is 61.9 Å². The summed E-state index contributed by atoms with van der Waals surface area (Å²) in [5, 5.41) is 12.6. The van der Waals surface area contributed by atoms with Gasteiger partial charge in [0.15, 0.2) is 0 Å². The molecule has 7 heteroatoms. The van der Waals surface area contributed by atoms with E-state index in [1.165, 1.54) is 0 Å². The monoisotopic (exact) mass is 377 g/mol. The number of aromatic nitrogens is 2. The highest BCUT2D eigenvalue weighted by Crippen LogP contribution is 2.14. The normalized spacial score (nSPS) is 10.5. The second kappa shape index (κ2) is 8.85. The molecule has 1 aromatic heterocycles. The van der Waals surface area contributed by atoms with Gasteiger partial charge in [0.1, 0.15) is 0 Å². The van der Waals surface area contributed by atoms with Gasteiger partial charge in [0.25, 0.3) is 5.91 Å². The van der Waals surface area contributed by atoms with Crippen LogP contribution in [0.1, 0.15) is 29.8 Å². The molecule has 3 rings (SSSR count). The largest absolute Gasteiger partial charge is 0.336 e. The first-order valence-electron chi connectivity index (χ1n) is 9.06. The molecule has 144 valence electrons. The third-order valence-corrected chi connectivity index (χ3v) is 3.98. The van der Waals surface area contributed by atoms with Gasteiger partial charge in [-0.25, -0.2) is 9.48 Å². The lowest BCUT2D eigenvalue weighted by Gasteiger charge is -2.10. The number of urea groups is 1. The number of hydrogen-bond donors (Lipinski definition) is 3. The summed E-state index contributed by atoms with van der Waals surface area (Å²) in [7, 11) is 0. The lowest BCUT2D eigenvalue weighted by molar-refractivity contribution is 0.102. The lowest BCUT2D eigenvalue weighted by atomic mass is 10.1. The van der Waals surface area contributed by atoms with Crippen molar-refractivity contribution in [2.75, 3.05) is 5.32 Å². The first kappa shape index (κ1) is 19.2. The Morgan fingerprint density at radius 2 is 1.75 bits per heavy atom. The van der Waals surface area contributed by atoms with Crippen LogP contribution in [0.25, 0.3) is 5.69 Å². The van der Waals surface area contributed by atoms with Gasteiger partial charge in [-0.3, -0.25) is 4.79 Å². The number of rotatable bonds is 6. The lowest BCUT2D eigenvalue weighted by Crippen LogP contribution is -2.39. The van der Waals surface area contributed by atoms with Crippen LogP contribution in [0.15, 0.2) is 67.0 Å².